The van der Waals surface area contributed by atoms with Gasteiger partial charge < -0.3 is 14.8 Å². The van der Waals surface area contributed by atoms with E-state index >= 15 is 0 Å². The second-order valence-electron chi connectivity index (χ2n) is 3.92. The third kappa shape index (κ3) is 4.07. The maximum atomic E-state index is 5.18. The van der Waals surface area contributed by atoms with Crippen LogP contribution in [0.2, 0.25) is 0 Å². The van der Waals surface area contributed by atoms with Crippen molar-refractivity contribution in [1.29, 1.82) is 0 Å². The monoisotopic (exact) mass is 187 g/mol. The van der Waals surface area contributed by atoms with Gasteiger partial charge in [0.1, 0.15) is 0 Å². The topological polar surface area (TPSA) is 30.5 Å². The zero-order chi connectivity index (χ0) is 9.68. The molecule has 0 aromatic rings. The predicted octanol–water partition coefficient (Wildman–Crippen LogP) is 1.04. The van der Waals surface area contributed by atoms with E-state index in [4.69, 9.17) is 9.47 Å². The third-order valence-corrected chi connectivity index (χ3v) is 2.45. The first-order valence-electron chi connectivity index (χ1n) is 5.01. The Morgan fingerprint density at radius 2 is 1.85 bits per heavy atom. The minimum absolute atomic E-state index is 0.422. The number of rotatable bonds is 7. The lowest BCUT2D eigenvalue weighted by molar-refractivity contribution is 0.128. The van der Waals surface area contributed by atoms with Crippen molar-refractivity contribution in [3.05, 3.63) is 0 Å². The maximum absolute atomic E-state index is 5.18. The number of methoxy groups -OCH3 is 2. The number of nitrogens with one attached hydrogen (secondary N) is 1. The molecule has 1 aliphatic carbocycles. The Bertz CT molecular complexity index is 137. The van der Waals surface area contributed by atoms with Gasteiger partial charge in [-0.15, -0.1) is 0 Å². The molecule has 0 spiro atoms. The Morgan fingerprint density at radius 1 is 1.23 bits per heavy atom. The molecule has 0 radical (unpaired) electrons. The van der Waals surface area contributed by atoms with Gasteiger partial charge in [0.05, 0.1) is 13.2 Å². The highest BCUT2D eigenvalue weighted by molar-refractivity contribution is 4.87. The summed E-state index contributed by atoms with van der Waals surface area (Å²) in [6.45, 7) is 3.74. The second kappa shape index (κ2) is 5.58. The molecule has 13 heavy (non-hydrogen) atoms. The summed E-state index contributed by atoms with van der Waals surface area (Å²) in [5.41, 5.74) is 0. The van der Waals surface area contributed by atoms with Gasteiger partial charge in [0.25, 0.3) is 0 Å². The fourth-order valence-corrected chi connectivity index (χ4v) is 1.66. The van der Waals surface area contributed by atoms with E-state index in [0.29, 0.717) is 12.1 Å². The molecule has 1 N–H and O–H groups in total. The Morgan fingerprint density at radius 3 is 2.31 bits per heavy atom. The lowest BCUT2D eigenvalue weighted by atomic mass is 10.2. The van der Waals surface area contributed by atoms with Crippen molar-refractivity contribution in [3.63, 3.8) is 0 Å². The predicted molar refractivity (Wildman–Crippen MR) is 52.9 cm³/mol. The van der Waals surface area contributed by atoms with Crippen LogP contribution in [-0.4, -0.2) is 39.5 Å². The number of ether oxygens (including phenoxy) is 2. The van der Waals surface area contributed by atoms with Crippen molar-refractivity contribution in [2.75, 3.05) is 27.4 Å². The summed E-state index contributed by atoms with van der Waals surface area (Å²) in [5, 5.41) is 3.53. The summed E-state index contributed by atoms with van der Waals surface area (Å²) < 4.78 is 10.3. The molecular formula is C10H21NO2. The molecule has 0 aliphatic heterocycles. The van der Waals surface area contributed by atoms with E-state index in [1.54, 1.807) is 14.2 Å². The largest absolute Gasteiger partial charge is 0.383 e. The van der Waals surface area contributed by atoms with Crippen molar-refractivity contribution >= 4 is 0 Å². The first-order valence-corrected chi connectivity index (χ1v) is 5.01. The Labute approximate surface area is 80.8 Å². The van der Waals surface area contributed by atoms with E-state index in [1.807, 2.05) is 0 Å². The molecule has 0 aromatic carbocycles. The van der Waals surface area contributed by atoms with Crippen LogP contribution in [0.25, 0.3) is 0 Å². The summed E-state index contributed by atoms with van der Waals surface area (Å²) >= 11 is 0. The summed E-state index contributed by atoms with van der Waals surface area (Å²) in [7, 11) is 3.50. The van der Waals surface area contributed by atoms with Crippen LogP contribution >= 0.6 is 0 Å². The molecule has 1 aliphatic rings. The highest BCUT2D eigenvalue weighted by atomic mass is 16.5. The standard InChI is InChI=1S/C10H21NO2/c1-8(6-12-2)11-10(7-13-3)9-4-5-9/h8-11H,4-7H2,1-3H3. The van der Waals surface area contributed by atoms with Gasteiger partial charge in [-0.3, -0.25) is 0 Å². The Hall–Kier alpha value is -0.120. The van der Waals surface area contributed by atoms with E-state index in [-0.39, 0.29) is 0 Å². The molecule has 0 bridgehead atoms. The molecule has 0 amide bonds. The molecular weight excluding hydrogens is 166 g/mol. The van der Waals surface area contributed by atoms with Crippen molar-refractivity contribution in [1.82, 2.24) is 5.32 Å². The molecule has 1 rings (SSSR count). The fourth-order valence-electron chi connectivity index (χ4n) is 1.66. The van der Waals surface area contributed by atoms with Crippen molar-refractivity contribution < 1.29 is 9.47 Å². The summed E-state index contributed by atoms with van der Waals surface area (Å²) in [4.78, 5) is 0. The van der Waals surface area contributed by atoms with Gasteiger partial charge in [-0.2, -0.15) is 0 Å². The molecule has 2 unspecified atom stereocenters. The Kier molecular flexibility index (Phi) is 4.70. The lowest BCUT2D eigenvalue weighted by Crippen LogP contribution is -2.42. The molecule has 2 atom stereocenters. The highest BCUT2D eigenvalue weighted by Crippen LogP contribution is 2.32. The van der Waals surface area contributed by atoms with Crippen LogP contribution in [-0.2, 0) is 9.47 Å². The first-order chi connectivity index (χ1) is 6.27. The zero-order valence-electron chi connectivity index (χ0n) is 8.88. The van der Waals surface area contributed by atoms with Crippen LogP contribution in [0, 0.1) is 5.92 Å². The van der Waals surface area contributed by atoms with Gasteiger partial charge in [-0.25, -0.2) is 0 Å². The minimum Gasteiger partial charge on any atom is -0.383 e. The molecule has 78 valence electrons. The van der Waals surface area contributed by atoms with E-state index < -0.39 is 0 Å². The summed E-state index contributed by atoms with van der Waals surface area (Å²) in [6.07, 6.45) is 2.70. The molecule has 1 fully saturated rings. The van der Waals surface area contributed by atoms with Gasteiger partial charge >= 0.3 is 0 Å². The molecule has 3 nitrogen and oxygen atoms in total. The van der Waals surface area contributed by atoms with E-state index in [2.05, 4.69) is 12.2 Å². The third-order valence-electron chi connectivity index (χ3n) is 2.45. The van der Waals surface area contributed by atoms with Gasteiger partial charge in [0.2, 0.25) is 0 Å². The minimum atomic E-state index is 0.422. The van der Waals surface area contributed by atoms with Crippen molar-refractivity contribution in [2.24, 2.45) is 5.92 Å². The maximum Gasteiger partial charge on any atom is 0.0618 e. The Balaban J connectivity index is 2.20. The lowest BCUT2D eigenvalue weighted by Gasteiger charge is -2.22. The SMILES string of the molecule is COCC(C)NC(COC)C1CC1. The fraction of sp³-hybridized carbons (Fsp3) is 1.00. The van der Waals surface area contributed by atoms with Gasteiger partial charge in [-0.1, -0.05) is 0 Å². The normalized spacial score (nSPS) is 21.5. The second-order valence-corrected chi connectivity index (χ2v) is 3.92. The average Bonchev–Trinajstić information content (AvgIpc) is 2.86. The molecule has 0 heterocycles. The first kappa shape index (κ1) is 11.0. The average molecular weight is 187 g/mol. The van der Waals surface area contributed by atoms with Crippen LogP contribution in [0.4, 0.5) is 0 Å². The van der Waals surface area contributed by atoms with Gasteiger partial charge in [0.15, 0.2) is 0 Å². The van der Waals surface area contributed by atoms with E-state index in [0.717, 1.165) is 19.1 Å². The highest BCUT2D eigenvalue weighted by Gasteiger charge is 2.31. The molecule has 0 saturated heterocycles. The van der Waals surface area contributed by atoms with Crippen LogP contribution in [0.5, 0.6) is 0 Å². The van der Waals surface area contributed by atoms with Crippen LogP contribution in [0.15, 0.2) is 0 Å². The summed E-state index contributed by atoms with van der Waals surface area (Å²) in [6, 6.07) is 0.945. The van der Waals surface area contributed by atoms with Crippen LogP contribution < -0.4 is 5.32 Å². The van der Waals surface area contributed by atoms with Gasteiger partial charge in [-0.05, 0) is 25.7 Å². The van der Waals surface area contributed by atoms with Crippen LogP contribution in [0.1, 0.15) is 19.8 Å². The number of hydrogen-bond donors (Lipinski definition) is 1. The van der Waals surface area contributed by atoms with Crippen molar-refractivity contribution in [2.45, 2.75) is 31.8 Å². The van der Waals surface area contributed by atoms with E-state index in [1.165, 1.54) is 12.8 Å². The van der Waals surface area contributed by atoms with Gasteiger partial charge in [0, 0.05) is 26.3 Å². The zero-order valence-corrected chi connectivity index (χ0v) is 8.88. The van der Waals surface area contributed by atoms with Crippen LogP contribution in [0.3, 0.4) is 0 Å². The number of hydrogen-bond acceptors (Lipinski definition) is 3. The summed E-state index contributed by atoms with van der Waals surface area (Å²) in [5.74, 6) is 0.833. The molecule has 1 saturated carbocycles. The smallest absolute Gasteiger partial charge is 0.0618 e. The molecule has 0 aromatic heterocycles. The van der Waals surface area contributed by atoms with E-state index in [9.17, 15) is 0 Å². The quantitative estimate of drug-likeness (QED) is 0.646. The molecule has 3 heteroatoms. The van der Waals surface area contributed by atoms with Crippen molar-refractivity contribution in [3.8, 4) is 0 Å².